The van der Waals surface area contributed by atoms with Gasteiger partial charge in [0.2, 0.25) is 0 Å². The van der Waals surface area contributed by atoms with E-state index in [1.54, 1.807) is 0 Å². The maximum absolute atomic E-state index is 4.96. The topological polar surface area (TPSA) is 66.5 Å². The molecule has 0 aliphatic heterocycles. The Hall–Kier alpha value is -1.95. The predicted molar refractivity (Wildman–Crippen MR) is 101 cm³/mol. The highest BCUT2D eigenvalue weighted by molar-refractivity contribution is 7.19. The lowest BCUT2D eigenvalue weighted by molar-refractivity contribution is 0.700. The highest BCUT2D eigenvalue weighted by Gasteiger charge is 2.29. The summed E-state index contributed by atoms with van der Waals surface area (Å²) in [4.78, 5) is 12.6. The number of aromatic amines is 1. The summed E-state index contributed by atoms with van der Waals surface area (Å²) >= 11 is 1.89. The summed E-state index contributed by atoms with van der Waals surface area (Å²) in [6, 6.07) is 0. The molecule has 1 fully saturated rings. The number of aryl methyl sites for hydroxylation is 4. The van der Waals surface area contributed by atoms with Gasteiger partial charge in [-0.2, -0.15) is 5.10 Å². The second-order valence-corrected chi connectivity index (χ2v) is 8.45. The molecule has 5 rings (SSSR count). The summed E-state index contributed by atoms with van der Waals surface area (Å²) in [5.41, 5.74) is 4.93. The minimum Gasteiger partial charge on any atom is -0.365 e. The van der Waals surface area contributed by atoms with E-state index in [1.807, 2.05) is 11.3 Å². The van der Waals surface area contributed by atoms with Crippen LogP contribution >= 0.6 is 11.3 Å². The van der Waals surface area contributed by atoms with Crippen LogP contribution in [0.5, 0.6) is 0 Å². The Balaban J connectivity index is 1.58. The van der Waals surface area contributed by atoms with Crippen molar-refractivity contribution in [1.29, 1.82) is 0 Å². The van der Waals surface area contributed by atoms with Crippen molar-refractivity contribution in [1.82, 2.24) is 20.2 Å². The molecule has 3 aromatic heterocycles. The predicted octanol–water partition coefficient (Wildman–Crippen LogP) is 4.40. The lowest BCUT2D eigenvalue weighted by Gasteiger charge is -2.13. The molecule has 5 nitrogen and oxygen atoms in total. The van der Waals surface area contributed by atoms with Crippen LogP contribution in [0, 0.1) is 13.8 Å². The van der Waals surface area contributed by atoms with Crippen LogP contribution in [0.3, 0.4) is 0 Å². The molecule has 2 aliphatic rings. The van der Waals surface area contributed by atoms with Crippen LogP contribution in [-0.4, -0.2) is 20.2 Å². The Kier molecular flexibility index (Phi) is 3.55. The fraction of sp³-hybridized carbons (Fsp3) is 0.526. The summed E-state index contributed by atoms with van der Waals surface area (Å²) in [6.07, 6.45) is 7.42. The molecule has 3 aromatic rings. The molecule has 130 valence electrons. The van der Waals surface area contributed by atoms with E-state index >= 15 is 0 Å². The zero-order chi connectivity index (χ0) is 17.0. The van der Waals surface area contributed by atoms with Crippen LogP contribution in [0.15, 0.2) is 0 Å². The molecule has 0 atom stereocenters. The van der Waals surface area contributed by atoms with Crippen LogP contribution in [0.1, 0.15) is 64.8 Å². The average molecular weight is 353 g/mol. The molecular formula is C19H23N5S. The summed E-state index contributed by atoms with van der Waals surface area (Å²) in [7, 11) is 0. The van der Waals surface area contributed by atoms with Crippen molar-refractivity contribution in [2.45, 2.75) is 64.8 Å². The van der Waals surface area contributed by atoms with Gasteiger partial charge in [0, 0.05) is 28.6 Å². The number of anilines is 1. The fourth-order valence-corrected chi connectivity index (χ4v) is 5.10. The number of fused-ring (bicyclic) bond motifs is 3. The summed E-state index contributed by atoms with van der Waals surface area (Å²) in [5.74, 6) is 2.64. The first-order valence-electron chi connectivity index (χ1n) is 9.27. The van der Waals surface area contributed by atoms with E-state index in [1.165, 1.54) is 64.7 Å². The molecular weight excluding hydrogens is 330 g/mol. The second kappa shape index (κ2) is 5.80. The van der Waals surface area contributed by atoms with Crippen molar-refractivity contribution >= 4 is 27.4 Å². The summed E-state index contributed by atoms with van der Waals surface area (Å²) in [5, 5.41) is 12.3. The van der Waals surface area contributed by atoms with E-state index in [-0.39, 0.29) is 0 Å². The highest BCUT2D eigenvalue weighted by Crippen LogP contribution is 2.43. The van der Waals surface area contributed by atoms with Gasteiger partial charge in [-0.1, -0.05) is 0 Å². The third kappa shape index (κ3) is 2.63. The molecule has 0 amide bonds. The quantitative estimate of drug-likeness (QED) is 0.729. The van der Waals surface area contributed by atoms with Gasteiger partial charge in [0.25, 0.3) is 0 Å². The van der Waals surface area contributed by atoms with Gasteiger partial charge in [0.1, 0.15) is 16.5 Å². The van der Waals surface area contributed by atoms with Crippen molar-refractivity contribution in [3.8, 4) is 0 Å². The van der Waals surface area contributed by atoms with Gasteiger partial charge in [0.15, 0.2) is 0 Å². The SMILES string of the molecule is Cc1n[nH]c(C)c1CNc1nc(C2CC2)nc2sc3c(c12)CCCC3. The van der Waals surface area contributed by atoms with Crippen LogP contribution in [0.25, 0.3) is 10.2 Å². The first kappa shape index (κ1) is 15.3. The van der Waals surface area contributed by atoms with Gasteiger partial charge in [-0.3, -0.25) is 5.10 Å². The zero-order valence-electron chi connectivity index (χ0n) is 14.8. The third-order valence-electron chi connectivity index (χ3n) is 5.49. The highest BCUT2D eigenvalue weighted by atomic mass is 32.1. The van der Waals surface area contributed by atoms with Crippen molar-refractivity contribution in [2.24, 2.45) is 0 Å². The smallest absolute Gasteiger partial charge is 0.139 e. The van der Waals surface area contributed by atoms with E-state index in [0.717, 1.165) is 29.6 Å². The zero-order valence-corrected chi connectivity index (χ0v) is 15.6. The first-order chi connectivity index (χ1) is 12.2. The summed E-state index contributed by atoms with van der Waals surface area (Å²) in [6.45, 7) is 4.89. The van der Waals surface area contributed by atoms with Gasteiger partial charge >= 0.3 is 0 Å². The van der Waals surface area contributed by atoms with Gasteiger partial charge in [-0.15, -0.1) is 11.3 Å². The van der Waals surface area contributed by atoms with Crippen LogP contribution in [0.2, 0.25) is 0 Å². The van der Waals surface area contributed by atoms with E-state index in [2.05, 4.69) is 29.4 Å². The number of hydrogen-bond acceptors (Lipinski definition) is 5. The number of hydrogen-bond donors (Lipinski definition) is 2. The Morgan fingerprint density at radius 1 is 1.16 bits per heavy atom. The van der Waals surface area contributed by atoms with E-state index in [9.17, 15) is 0 Å². The number of aromatic nitrogens is 4. The third-order valence-corrected chi connectivity index (χ3v) is 6.67. The number of rotatable bonds is 4. The Morgan fingerprint density at radius 2 is 2.00 bits per heavy atom. The van der Waals surface area contributed by atoms with E-state index in [0.29, 0.717) is 5.92 Å². The molecule has 0 bridgehead atoms. The van der Waals surface area contributed by atoms with Crippen molar-refractivity contribution in [3.63, 3.8) is 0 Å². The molecule has 6 heteroatoms. The molecule has 0 spiro atoms. The molecule has 1 saturated carbocycles. The Bertz CT molecular complexity index is 931. The largest absolute Gasteiger partial charge is 0.365 e. The minimum absolute atomic E-state index is 0.571. The number of nitrogens with one attached hydrogen (secondary N) is 2. The van der Waals surface area contributed by atoms with Crippen molar-refractivity contribution < 1.29 is 0 Å². The van der Waals surface area contributed by atoms with Gasteiger partial charge < -0.3 is 5.32 Å². The van der Waals surface area contributed by atoms with Crippen molar-refractivity contribution in [3.05, 3.63) is 33.2 Å². The van der Waals surface area contributed by atoms with E-state index < -0.39 is 0 Å². The summed E-state index contributed by atoms with van der Waals surface area (Å²) < 4.78 is 0. The van der Waals surface area contributed by atoms with Gasteiger partial charge in [0.05, 0.1) is 11.1 Å². The molecule has 0 unspecified atom stereocenters. The molecule has 0 radical (unpaired) electrons. The second-order valence-electron chi connectivity index (χ2n) is 7.36. The maximum Gasteiger partial charge on any atom is 0.139 e. The average Bonchev–Trinajstić information content (AvgIpc) is 3.33. The number of thiophene rings is 1. The lowest BCUT2D eigenvalue weighted by atomic mass is 9.97. The normalized spacial score (nSPS) is 17.0. The molecule has 2 aliphatic carbocycles. The number of nitrogens with zero attached hydrogens (tertiary/aromatic N) is 3. The molecule has 0 aromatic carbocycles. The molecule has 25 heavy (non-hydrogen) atoms. The van der Waals surface area contributed by atoms with Gasteiger partial charge in [-0.25, -0.2) is 9.97 Å². The van der Waals surface area contributed by atoms with Crippen LogP contribution < -0.4 is 5.32 Å². The Labute approximate surface area is 151 Å². The fourth-order valence-electron chi connectivity index (χ4n) is 3.83. The molecule has 0 saturated heterocycles. The van der Waals surface area contributed by atoms with Crippen molar-refractivity contribution in [2.75, 3.05) is 5.32 Å². The lowest BCUT2D eigenvalue weighted by Crippen LogP contribution is -2.07. The van der Waals surface area contributed by atoms with E-state index in [4.69, 9.17) is 9.97 Å². The monoisotopic (exact) mass is 353 g/mol. The van der Waals surface area contributed by atoms with Crippen LogP contribution in [0.4, 0.5) is 5.82 Å². The Morgan fingerprint density at radius 3 is 2.76 bits per heavy atom. The standard InChI is InChI=1S/C19H23N5S/c1-10-14(11(2)24-23-10)9-20-18-16-13-5-3-4-6-15(13)25-19(16)22-17(21-18)12-7-8-12/h12H,3-9H2,1-2H3,(H,23,24)(H,20,21,22). The molecule has 3 heterocycles. The minimum atomic E-state index is 0.571. The number of H-pyrrole nitrogens is 1. The van der Waals surface area contributed by atoms with Gasteiger partial charge in [-0.05, 0) is 57.9 Å². The first-order valence-corrected chi connectivity index (χ1v) is 10.1. The maximum atomic E-state index is 4.96. The van der Waals surface area contributed by atoms with Crippen LogP contribution in [-0.2, 0) is 19.4 Å². The molecule has 2 N–H and O–H groups in total.